The Balaban J connectivity index is 2.06. The average Bonchev–Trinajstić information content (AvgIpc) is 2.97. The predicted molar refractivity (Wildman–Crippen MR) is 72.6 cm³/mol. The van der Waals surface area contributed by atoms with Gasteiger partial charge in [0.25, 0.3) is 5.91 Å². The summed E-state index contributed by atoms with van der Waals surface area (Å²) < 4.78 is 5.57. The lowest BCUT2D eigenvalue weighted by Crippen LogP contribution is -2.37. The van der Waals surface area contributed by atoms with E-state index in [9.17, 15) is 4.79 Å². The van der Waals surface area contributed by atoms with Crippen LogP contribution in [-0.2, 0) is 4.74 Å². The van der Waals surface area contributed by atoms with Crippen LogP contribution >= 0.6 is 0 Å². The molecule has 0 saturated carbocycles. The highest BCUT2D eigenvalue weighted by molar-refractivity contribution is 5.92. The van der Waals surface area contributed by atoms with Crippen molar-refractivity contribution in [2.75, 3.05) is 25.1 Å². The van der Waals surface area contributed by atoms with Gasteiger partial charge < -0.3 is 15.1 Å². The maximum atomic E-state index is 12.4. The molecule has 3 N–H and O–H groups in total. The van der Waals surface area contributed by atoms with Crippen molar-refractivity contribution in [2.24, 2.45) is 5.84 Å². The number of hydrazine groups is 1. The van der Waals surface area contributed by atoms with Crippen molar-refractivity contribution in [3.8, 4) is 0 Å². The summed E-state index contributed by atoms with van der Waals surface area (Å²) in [6, 6.07) is 5.17. The van der Waals surface area contributed by atoms with E-state index >= 15 is 0 Å². The number of ether oxygens (including phenoxy) is 1. The molecular formula is C13H20N4O2. The fourth-order valence-corrected chi connectivity index (χ4v) is 2.19. The van der Waals surface area contributed by atoms with Crippen molar-refractivity contribution in [3.63, 3.8) is 0 Å². The minimum Gasteiger partial charge on any atom is -0.376 e. The second-order valence-electron chi connectivity index (χ2n) is 4.53. The molecule has 1 saturated heterocycles. The minimum atomic E-state index is -0.0879. The van der Waals surface area contributed by atoms with Gasteiger partial charge >= 0.3 is 0 Å². The molecule has 104 valence electrons. The molecule has 1 atom stereocenters. The fraction of sp³-hybridized carbons (Fsp3) is 0.538. The molecule has 1 fully saturated rings. The van der Waals surface area contributed by atoms with E-state index in [-0.39, 0.29) is 12.0 Å². The summed E-state index contributed by atoms with van der Waals surface area (Å²) in [5.74, 6) is 5.70. The van der Waals surface area contributed by atoms with Crippen molar-refractivity contribution in [3.05, 3.63) is 23.9 Å². The number of amides is 1. The number of pyridine rings is 1. The number of nitrogen functional groups attached to an aromatic ring is 1. The third kappa shape index (κ3) is 3.42. The molecule has 0 aliphatic carbocycles. The number of rotatable bonds is 5. The van der Waals surface area contributed by atoms with Crippen LogP contribution < -0.4 is 11.3 Å². The van der Waals surface area contributed by atoms with Gasteiger partial charge in [-0.1, -0.05) is 6.07 Å². The molecule has 6 heteroatoms. The number of carbonyl (C=O) groups is 1. The van der Waals surface area contributed by atoms with Gasteiger partial charge in [0, 0.05) is 19.7 Å². The zero-order valence-electron chi connectivity index (χ0n) is 11.1. The highest BCUT2D eigenvalue weighted by Gasteiger charge is 2.23. The fourth-order valence-electron chi connectivity index (χ4n) is 2.19. The standard InChI is InChI=1S/C13H20N4O2/c1-2-17(9-10-5-4-8-19-10)13(18)11-6-3-7-12(15-11)16-14/h3,6-7,10H,2,4-5,8-9,14H2,1H3,(H,15,16). The van der Waals surface area contributed by atoms with E-state index in [0.717, 1.165) is 19.4 Å². The quantitative estimate of drug-likeness (QED) is 0.613. The summed E-state index contributed by atoms with van der Waals surface area (Å²) in [4.78, 5) is 18.3. The number of hydrogen-bond acceptors (Lipinski definition) is 5. The molecule has 1 aromatic heterocycles. The molecule has 0 radical (unpaired) electrons. The maximum Gasteiger partial charge on any atom is 0.272 e. The van der Waals surface area contributed by atoms with E-state index in [1.807, 2.05) is 6.92 Å². The van der Waals surface area contributed by atoms with E-state index in [1.165, 1.54) is 0 Å². The summed E-state index contributed by atoms with van der Waals surface area (Å²) in [5, 5.41) is 0. The topological polar surface area (TPSA) is 80.5 Å². The van der Waals surface area contributed by atoms with Crippen LogP contribution in [0.2, 0.25) is 0 Å². The Bertz CT molecular complexity index is 432. The van der Waals surface area contributed by atoms with Crippen molar-refractivity contribution in [1.82, 2.24) is 9.88 Å². The predicted octanol–water partition coefficient (Wildman–Crippen LogP) is 1.01. The SMILES string of the molecule is CCN(CC1CCCO1)C(=O)c1cccc(NN)n1. The van der Waals surface area contributed by atoms with Gasteiger partial charge in [-0.25, -0.2) is 10.8 Å². The molecule has 0 spiro atoms. The highest BCUT2D eigenvalue weighted by atomic mass is 16.5. The number of likely N-dealkylation sites (N-methyl/N-ethyl adjacent to an activating group) is 1. The second kappa shape index (κ2) is 6.49. The van der Waals surface area contributed by atoms with Gasteiger partial charge in [-0.2, -0.15) is 0 Å². The van der Waals surface area contributed by atoms with Gasteiger partial charge in [-0.05, 0) is 31.9 Å². The molecule has 0 aromatic carbocycles. The number of nitrogens with zero attached hydrogens (tertiary/aromatic N) is 2. The normalized spacial score (nSPS) is 18.3. The molecule has 6 nitrogen and oxygen atoms in total. The van der Waals surface area contributed by atoms with Crippen LogP contribution in [0.4, 0.5) is 5.82 Å². The molecular weight excluding hydrogens is 244 g/mol. The number of nitrogens with one attached hydrogen (secondary N) is 1. The Morgan fingerprint density at radius 2 is 2.47 bits per heavy atom. The molecule has 0 bridgehead atoms. The van der Waals surface area contributed by atoms with Gasteiger partial charge in [0.15, 0.2) is 0 Å². The van der Waals surface area contributed by atoms with E-state index < -0.39 is 0 Å². The zero-order valence-corrected chi connectivity index (χ0v) is 11.1. The van der Waals surface area contributed by atoms with Gasteiger partial charge in [0.05, 0.1) is 6.10 Å². The van der Waals surface area contributed by atoms with Crippen LogP contribution in [0.3, 0.4) is 0 Å². The number of aromatic nitrogens is 1. The van der Waals surface area contributed by atoms with Gasteiger partial charge in [0.1, 0.15) is 11.5 Å². The summed E-state index contributed by atoms with van der Waals surface area (Å²) >= 11 is 0. The Hall–Kier alpha value is -1.66. The van der Waals surface area contributed by atoms with Gasteiger partial charge in [-0.15, -0.1) is 0 Å². The van der Waals surface area contributed by atoms with Gasteiger partial charge in [-0.3, -0.25) is 4.79 Å². The van der Waals surface area contributed by atoms with Crippen molar-refractivity contribution in [2.45, 2.75) is 25.9 Å². The second-order valence-corrected chi connectivity index (χ2v) is 4.53. The van der Waals surface area contributed by atoms with Crippen LogP contribution in [0.5, 0.6) is 0 Å². The van der Waals surface area contributed by atoms with Crippen LogP contribution in [0.15, 0.2) is 18.2 Å². The number of hydrogen-bond donors (Lipinski definition) is 2. The van der Waals surface area contributed by atoms with Crippen LogP contribution in [0.25, 0.3) is 0 Å². The number of carbonyl (C=O) groups excluding carboxylic acids is 1. The highest BCUT2D eigenvalue weighted by Crippen LogP contribution is 2.15. The Morgan fingerprint density at radius 1 is 1.63 bits per heavy atom. The lowest BCUT2D eigenvalue weighted by Gasteiger charge is -2.23. The molecule has 1 aromatic rings. The van der Waals surface area contributed by atoms with E-state index in [0.29, 0.717) is 24.6 Å². The summed E-state index contributed by atoms with van der Waals surface area (Å²) in [6.07, 6.45) is 2.24. The Labute approximate surface area is 112 Å². The molecule has 1 unspecified atom stereocenters. The van der Waals surface area contributed by atoms with E-state index in [1.54, 1.807) is 23.1 Å². The first-order valence-electron chi connectivity index (χ1n) is 6.59. The van der Waals surface area contributed by atoms with Crippen molar-refractivity contribution in [1.29, 1.82) is 0 Å². The lowest BCUT2D eigenvalue weighted by atomic mass is 10.2. The molecule has 1 aliphatic heterocycles. The third-order valence-corrected chi connectivity index (χ3v) is 3.23. The van der Waals surface area contributed by atoms with Gasteiger partial charge in [0.2, 0.25) is 0 Å². The summed E-state index contributed by atoms with van der Waals surface area (Å²) in [7, 11) is 0. The molecule has 2 rings (SSSR count). The first kappa shape index (κ1) is 13.8. The van der Waals surface area contributed by atoms with E-state index in [4.69, 9.17) is 10.6 Å². The smallest absolute Gasteiger partial charge is 0.272 e. The molecule has 1 amide bonds. The van der Waals surface area contributed by atoms with Crippen LogP contribution in [-0.4, -0.2) is 41.6 Å². The molecule has 19 heavy (non-hydrogen) atoms. The minimum absolute atomic E-state index is 0.0879. The Morgan fingerprint density at radius 3 is 3.11 bits per heavy atom. The lowest BCUT2D eigenvalue weighted by molar-refractivity contribution is 0.0535. The molecule has 1 aliphatic rings. The average molecular weight is 264 g/mol. The third-order valence-electron chi connectivity index (χ3n) is 3.23. The Kier molecular flexibility index (Phi) is 4.70. The number of anilines is 1. The monoisotopic (exact) mass is 264 g/mol. The summed E-state index contributed by atoms with van der Waals surface area (Å²) in [6.45, 7) is 4.01. The summed E-state index contributed by atoms with van der Waals surface area (Å²) in [5.41, 5.74) is 2.84. The van der Waals surface area contributed by atoms with E-state index in [2.05, 4.69) is 10.4 Å². The van der Waals surface area contributed by atoms with Crippen molar-refractivity contribution < 1.29 is 9.53 Å². The first-order valence-corrected chi connectivity index (χ1v) is 6.59. The molecule has 2 heterocycles. The van der Waals surface area contributed by atoms with Crippen molar-refractivity contribution >= 4 is 11.7 Å². The number of nitrogens with two attached hydrogens (primary N) is 1. The largest absolute Gasteiger partial charge is 0.376 e. The van der Waals surface area contributed by atoms with Crippen LogP contribution in [0.1, 0.15) is 30.3 Å². The maximum absolute atomic E-state index is 12.4. The zero-order chi connectivity index (χ0) is 13.7. The van der Waals surface area contributed by atoms with Crippen LogP contribution in [0, 0.1) is 0 Å². The first-order chi connectivity index (χ1) is 9.24.